The number of rotatable bonds is 4. The summed E-state index contributed by atoms with van der Waals surface area (Å²) < 4.78 is 0. The molecular formula is C16H22N4O3. The molecule has 0 bridgehead atoms. The van der Waals surface area contributed by atoms with Crippen LogP contribution in [0.1, 0.15) is 24.2 Å². The normalized spacial score (nSPS) is 16.7. The summed E-state index contributed by atoms with van der Waals surface area (Å²) in [6, 6.07) is 6.31. The fourth-order valence-corrected chi connectivity index (χ4v) is 2.51. The maximum absolute atomic E-state index is 12.3. The van der Waals surface area contributed by atoms with E-state index in [0.29, 0.717) is 37.4 Å². The van der Waals surface area contributed by atoms with Crippen LogP contribution in [0.5, 0.6) is 0 Å². The molecule has 124 valence electrons. The van der Waals surface area contributed by atoms with Crippen molar-refractivity contribution in [2.24, 2.45) is 5.73 Å². The van der Waals surface area contributed by atoms with Crippen molar-refractivity contribution < 1.29 is 14.4 Å². The largest absolute Gasteiger partial charge is 0.368 e. The lowest BCUT2D eigenvalue weighted by atomic mass is 10.1. The van der Waals surface area contributed by atoms with Crippen LogP contribution in [0.4, 0.5) is 10.5 Å². The minimum absolute atomic E-state index is 0.0462. The molecule has 1 aromatic rings. The van der Waals surface area contributed by atoms with Gasteiger partial charge >= 0.3 is 6.03 Å². The number of carbonyl (C=O) groups is 3. The second kappa shape index (κ2) is 7.23. The Morgan fingerprint density at radius 2 is 1.83 bits per heavy atom. The van der Waals surface area contributed by atoms with E-state index in [4.69, 9.17) is 5.73 Å². The van der Waals surface area contributed by atoms with E-state index in [1.807, 2.05) is 4.90 Å². The average molecular weight is 318 g/mol. The second-order valence-electron chi connectivity index (χ2n) is 5.67. The number of hydrogen-bond donors (Lipinski definition) is 2. The van der Waals surface area contributed by atoms with Crippen LogP contribution >= 0.6 is 0 Å². The van der Waals surface area contributed by atoms with E-state index in [9.17, 15) is 14.4 Å². The summed E-state index contributed by atoms with van der Waals surface area (Å²) in [6.45, 7) is 5.51. The van der Waals surface area contributed by atoms with Gasteiger partial charge in [0.2, 0.25) is 5.91 Å². The van der Waals surface area contributed by atoms with Crippen molar-refractivity contribution in [3.8, 4) is 0 Å². The third-order valence-electron chi connectivity index (χ3n) is 4.08. The number of ketones is 1. The van der Waals surface area contributed by atoms with Crippen molar-refractivity contribution in [2.75, 3.05) is 31.5 Å². The lowest BCUT2D eigenvalue weighted by Crippen LogP contribution is -2.55. The smallest absolute Gasteiger partial charge is 0.321 e. The van der Waals surface area contributed by atoms with E-state index < -0.39 is 0 Å². The Morgan fingerprint density at radius 1 is 1.17 bits per heavy atom. The first-order valence-electron chi connectivity index (χ1n) is 7.59. The topological polar surface area (TPSA) is 95.7 Å². The molecule has 1 saturated heterocycles. The number of nitrogens with zero attached hydrogens (tertiary/aromatic N) is 2. The standard InChI is InChI=1S/C16H22N4O3/c1-11(15(17)22)19-6-8-20(9-7-19)16(23)18-14-5-3-4-13(10-14)12(2)21/h3-5,10-11H,6-9H2,1-2H3,(H2,17,22)(H,18,23). The summed E-state index contributed by atoms with van der Waals surface area (Å²) in [4.78, 5) is 38.5. The number of anilines is 1. The van der Waals surface area contributed by atoms with Gasteiger partial charge in [-0.15, -0.1) is 0 Å². The van der Waals surface area contributed by atoms with Crippen LogP contribution in [0.15, 0.2) is 24.3 Å². The van der Waals surface area contributed by atoms with Gasteiger partial charge in [-0.25, -0.2) is 4.79 Å². The van der Waals surface area contributed by atoms with E-state index in [-0.39, 0.29) is 23.8 Å². The van der Waals surface area contributed by atoms with Gasteiger partial charge < -0.3 is 16.0 Å². The zero-order chi connectivity index (χ0) is 17.0. The highest BCUT2D eigenvalue weighted by Gasteiger charge is 2.26. The fraction of sp³-hybridized carbons (Fsp3) is 0.438. The van der Waals surface area contributed by atoms with Crippen molar-refractivity contribution in [1.82, 2.24) is 9.80 Å². The Kier molecular flexibility index (Phi) is 5.33. The first-order valence-corrected chi connectivity index (χ1v) is 7.59. The van der Waals surface area contributed by atoms with E-state index in [1.54, 1.807) is 36.1 Å². The predicted octanol–water partition coefficient (Wildman–Crippen LogP) is 0.912. The summed E-state index contributed by atoms with van der Waals surface area (Å²) in [6.07, 6.45) is 0. The van der Waals surface area contributed by atoms with Gasteiger partial charge in [0.15, 0.2) is 5.78 Å². The molecule has 3 N–H and O–H groups in total. The monoisotopic (exact) mass is 318 g/mol. The van der Waals surface area contributed by atoms with Crippen molar-refractivity contribution >= 4 is 23.4 Å². The number of benzene rings is 1. The van der Waals surface area contributed by atoms with Crippen molar-refractivity contribution in [1.29, 1.82) is 0 Å². The van der Waals surface area contributed by atoms with Crippen molar-refractivity contribution in [2.45, 2.75) is 19.9 Å². The van der Waals surface area contributed by atoms with Gasteiger partial charge in [-0.1, -0.05) is 12.1 Å². The Bertz CT molecular complexity index is 609. The number of primary amides is 1. The highest BCUT2D eigenvalue weighted by molar-refractivity contribution is 5.96. The number of Topliss-reactive ketones (excluding diaryl/α,β-unsaturated/α-hetero) is 1. The molecule has 3 amide bonds. The number of amides is 3. The number of carbonyl (C=O) groups excluding carboxylic acids is 3. The summed E-state index contributed by atoms with van der Waals surface area (Å²) in [7, 11) is 0. The third kappa shape index (κ3) is 4.29. The molecule has 1 fully saturated rings. The van der Waals surface area contributed by atoms with Crippen LogP contribution in [-0.2, 0) is 4.79 Å². The van der Waals surface area contributed by atoms with Gasteiger partial charge in [-0.05, 0) is 26.0 Å². The Hall–Kier alpha value is -2.41. The minimum Gasteiger partial charge on any atom is -0.368 e. The summed E-state index contributed by atoms with van der Waals surface area (Å²) in [5.74, 6) is -0.404. The third-order valence-corrected chi connectivity index (χ3v) is 4.08. The first-order chi connectivity index (χ1) is 10.9. The predicted molar refractivity (Wildman–Crippen MR) is 87.3 cm³/mol. The zero-order valence-corrected chi connectivity index (χ0v) is 13.4. The highest BCUT2D eigenvalue weighted by atomic mass is 16.2. The molecule has 2 rings (SSSR count). The van der Waals surface area contributed by atoms with Gasteiger partial charge in [-0.2, -0.15) is 0 Å². The molecule has 0 radical (unpaired) electrons. The number of urea groups is 1. The molecule has 1 unspecified atom stereocenters. The maximum atomic E-state index is 12.3. The van der Waals surface area contributed by atoms with Crippen LogP contribution < -0.4 is 11.1 Å². The maximum Gasteiger partial charge on any atom is 0.321 e. The molecule has 1 atom stereocenters. The van der Waals surface area contributed by atoms with Gasteiger partial charge in [0.25, 0.3) is 0 Å². The van der Waals surface area contributed by atoms with Crippen LogP contribution in [0.25, 0.3) is 0 Å². The molecule has 1 aliphatic heterocycles. The van der Waals surface area contributed by atoms with Gasteiger partial charge in [0.1, 0.15) is 0 Å². The molecule has 0 aromatic heterocycles. The SMILES string of the molecule is CC(=O)c1cccc(NC(=O)N2CCN(C(C)C(N)=O)CC2)c1. The molecule has 0 spiro atoms. The molecule has 1 heterocycles. The molecule has 0 aliphatic carbocycles. The van der Waals surface area contributed by atoms with E-state index in [1.165, 1.54) is 6.92 Å². The molecule has 7 nitrogen and oxygen atoms in total. The number of hydrogen-bond acceptors (Lipinski definition) is 4. The summed E-state index contributed by atoms with van der Waals surface area (Å²) in [5.41, 5.74) is 6.45. The van der Waals surface area contributed by atoms with Crippen LogP contribution in [-0.4, -0.2) is 59.7 Å². The molecule has 23 heavy (non-hydrogen) atoms. The lowest BCUT2D eigenvalue weighted by molar-refractivity contribution is -0.123. The van der Waals surface area contributed by atoms with Crippen LogP contribution in [0.2, 0.25) is 0 Å². The Balaban J connectivity index is 1.92. The lowest BCUT2D eigenvalue weighted by Gasteiger charge is -2.36. The number of piperazine rings is 1. The Morgan fingerprint density at radius 3 is 2.39 bits per heavy atom. The van der Waals surface area contributed by atoms with Gasteiger partial charge in [0.05, 0.1) is 6.04 Å². The van der Waals surface area contributed by atoms with Crippen LogP contribution in [0, 0.1) is 0 Å². The highest BCUT2D eigenvalue weighted by Crippen LogP contribution is 2.13. The fourth-order valence-electron chi connectivity index (χ4n) is 2.51. The second-order valence-corrected chi connectivity index (χ2v) is 5.67. The average Bonchev–Trinajstić information content (AvgIpc) is 2.54. The quantitative estimate of drug-likeness (QED) is 0.807. The number of nitrogens with two attached hydrogens (primary N) is 1. The van der Waals surface area contributed by atoms with Crippen molar-refractivity contribution in [3.63, 3.8) is 0 Å². The molecule has 7 heteroatoms. The summed E-state index contributed by atoms with van der Waals surface area (Å²) in [5, 5.41) is 2.80. The molecule has 1 aliphatic rings. The Labute approximate surface area is 135 Å². The zero-order valence-electron chi connectivity index (χ0n) is 13.4. The van der Waals surface area contributed by atoms with Gasteiger partial charge in [-0.3, -0.25) is 14.5 Å². The summed E-state index contributed by atoms with van der Waals surface area (Å²) >= 11 is 0. The van der Waals surface area contributed by atoms with Crippen molar-refractivity contribution in [3.05, 3.63) is 29.8 Å². The number of nitrogens with one attached hydrogen (secondary N) is 1. The van der Waals surface area contributed by atoms with Gasteiger partial charge in [0, 0.05) is 37.4 Å². The molecular weight excluding hydrogens is 296 g/mol. The molecule has 1 aromatic carbocycles. The molecule has 0 saturated carbocycles. The van der Waals surface area contributed by atoms with E-state index >= 15 is 0 Å². The minimum atomic E-state index is -0.357. The first kappa shape index (κ1) is 17.0. The van der Waals surface area contributed by atoms with Crippen LogP contribution in [0.3, 0.4) is 0 Å². The van der Waals surface area contributed by atoms with E-state index in [2.05, 4.69) is 5.32 Å². The van der Waals surface area contributed by atoms with E-state index in [0.717, 1.165) is 0 Å².